The van der Waals surface area contributed by atoms with E-state index in [0.29, 0.717) is 25.2 Å². The summed E-state index contributed by atoms with van der Waals surface area (Å²) >= 11 is 5.68. The van der Waals surface area contributed by atoms with Crippen molar-refractivity contribution >= 4 is 29.4 Å². The van der Waals surface area contributed by atoms with Crippen molar-refractivity contribution in [1.29, 1.82) is 0 Å². The lowest BCUT2D eigenvalue weighted by molar-refractivity contribution is -0.118. The van der Waals surface area contributed by atoms with Crippen LogP contribution < -0.4 is 10.2 Å². The molecule has 1 aromatic heterocycles. The molecule has 1 saturated heterocycles. The van der Waals surface area contributed by atoms with Gasteiger partial charge in [0.2, 0.25) is 5.91 Å². The van der Waals surface area contributed by atoms with E-state index in [4.69, 9.17) is 11.6 Å². The molecule has 120 valence electrons. The Morgan fingerprint density at radius 1 is 1.52 bits per heavy atom. The summed E-state index contributed by atoms with van der Waals surface area (Å²) in [5.41, 5.74) is 1.49. The number of hydrogen-bond acceptors (Lipinski definition) is 3. The van der Waals surface area contributed by atoms with Gasteiger partial charge >= 0.3 is 0 Å². The molecule has 1 amide bonds. The molecule has 1 aliphatic rings. The third-order valence-electron chi connectivity index (χ3n) is 3.81. The molecule has 1 fully saturated rings. The molecule has 0 radical (unpaired) electrons. The second kappa shape index (κ2) is 6.52. The van der Waals surface area contributed by atoms with Crippen molar-refractivity contribution in [2.24, 2.45) is 0 Å². The molecule has 3 rings (SSSR count). The van der Waals surface area contributed by atoms with Gasteiger partial charge in [0.1, 0.15) is 5.82 Å². The minimum Gasteiger partial charge on any atom is -0.311 e. The lowest BCUT2D eigenvalue weighted by Gasteiger charge is -2.17. The Bertz CT molecular complexity index is 745. The molecule has 7 heteroatoms. The smallest absolute Gasteiger partial charge is 0.244 e. The van der Waals surface area contributed by atoms with Crippen LogP contribution in [0.25, 0.3) is 6.20 Å². The fourth-order valence-electron chi connectivity index (χ4n) is 2.59. The van der Waals surface area contributed by atoms with Crippen LogP contribution in [0.1, 0.15) is 12.0 Å². The molecule has 0 saturated carbocycles. The highest BCUT2D eigenvalue weighted by molar-refractivity contribution is 6.30. The average molecular weight is 335 g/mol. The van der Waals surface area contributed by atoms with Crippen LogP contribution in [0.4, 0.5) is 10.1 Å². The quantitative estimate of drug-likeness (QED) is 0.914. The van der Waals surface area contributed by atoms with Crippen LogP contribution in [-0.2, 0) is 11.3 Å². The van der Waals surface area contributed by atoms with E-state index in [2.05, 4.69) is 17.0 Å². The van der Waals surface area contributed by atoms with Crippen molar-refractivity contribution in [2.45, 2.75) is 19.0 Å². The predicted molar refractivity (Wildman–Crippen MR) is 87.6 cm³/mol. The van der Waals surface area contributed by atoms with Crippen LogP contribution in [0.2, 0.25) is 5.02 Å². The number of rotatable bonds is 5. The summed E-state index contributed by atoms with van der Waals surface area (Å²) in [6.07, 6.45) is 5.83. The van der Waals surface area contributed by atoms with Crippen LogP contribution >= 0.6 is 11.6 Å². The molecule has 0 aliphatic carbocycles. The van der Waals surface area contributed by atoms with Crippen LogP contribution in [0.5, 0.6) is 0 Å². The summed E-state index contributed by atoms with van der Waals surface area (Å²) < 4.78 is 15.2. The van der Waals surface area contributed by atoms with E-state index in [1.165, 1.54) is 12.1 Å². The molecule has 1 N–H and O–H groups in total. The Balaban J connectivity index is 1.64. The molecule has 0 bridgehead atoms. The van der Waals surface area contributed by atoms with Crippen molar-refractivity contribution in [3.8, 4) is 0 Å². The zero-order valence-corrected chi connectivity index (χ0v) is 13.1. The summed E-state index contributed by atoms with van der Waals surface area (Å²) in [7, 11) is 0. The van der Waals surface area contributed by atoms with Crippen molar-refractivity contribution < 1.29 is 9.18 Å². The van der Waals surface area contributed by atoms with Gasteiger partial charge in [-0.15, -0.1) is 0 Å². The first-order chi connectivity index (χ1) is 11.1. The Morgan fingerprint density at radius 3 is 3.04 bits per heavy atom. The first kappa shape index (κ1) is 15.7. The molecule has 23 heavy (non-hydrogen) atoms. The van der Waals surface area contributed by atoms with Gasteiger partial charge in [0.05, 0.1) is 17.3 Å². The molecule has 1 atom stereocenters. The van der Waals surface area contributed by atoms with Gasteiger partial charge in [0.15, 0.2) is 0 Å². The third kappa shape index (κ3) is 3.28. The largest absolute Gasteiger partial charge is 0.311 e. The minimum absolute atomic E-state index is 0.0503. The number of anilines is 1. The monoisotopic (exact) mass is 334 g/mol. The number of nitrogens with zero attached hydrogens (tertiary/aromatic N) is 3. The van der Waals surface area contributed by atoms with E-state index in [-0.39, 0.29) is 17.0 Å². The predicted octanol–water partition coefficient (Wildman–Crippen LogP) is 2.67. The maximum Gasteiger partial charge on any atom is 0.244 e. The highest BCUT2D eigenvalue weighted by Crippen LogP contribution is 2.25. The van der Waals surface area contributed by atoms with Crippen LogP contribution in [-0.4, -0.2) is 28.3 Å². The summed E-state index contributed by atoms with van der Waals surface area (Å²) in [4.78, 5) is 14.0. The lowest BCUT2D eigenvalue weighted by Crippen LogP contribution is -2.37. The minimum atomic E-state index is -0.523. The topological polar surface area (TPSA) is 50.2 Å². The van der Waals surface area contributed by atoms with Crippen molar-refractivity contribution in [3.63, 3.8) is 0 Å². The molecular formula is C16H16ClFN4O. The highest BCUT2D eigenvalue weighted by Gasteiger charge is 2.32. The van der Waals surface area contributed by atoms with E-state index < -0.39 is 5.82 Å². The first-order valence-corrected chi connectivity index (χ1v) is 7.61. The third-order valence-corrected chi connectivity index (χ3v) is 4.12. The van der Waals surface area contributed by atoms with Gasteiger partial charge in [0, 0.05) is 36.7 Å². The second-order valence-electron chi connectivity index (χ2n) is 5.32. The number of carbonyl (C=O) groups is 1. The van der Waals surface area contributed by atoms with Gasteiger partial charge in [-0.25, -0.2) is 9.07 Å². The number of amides is 1. The number of hydrogen-bond donors (Lipinski definition) is 1. The van der Waals surface area contributed by atoms with Gasteiger partial charge in [-0.2, -0.15) is 5.10 Å². The van der Waals surface area contributed by atoms with E-state index in [9.17, 15) is 9.18 Å². The molecule has 2 aromatic rings. The SMILES string of the molecule is C=Cn1cc(CNC2CCN(c3ccc(Cl)c(F)c3)C2=O)cn1. The van der Waals surface area contributed by atoms with Crippen molar-refractivity contribution in [1.82, 2.24) is 15.1 Å². The second-order valence-corrected chi connectivity index (χ2v) is 5.73. The molecule has 1 aliphatic heterocycles. The normalized spacial score (nSPS) is 17.7. The molecule has 0 spiro atoms. The Morgan fingerprint density at radius 2 is 2.35 bits per heavy atom. The van der Waals surface area contributed by atoms with Gasteiger partial charge in [0.25, 0.3) is 0 Å². The maximum atomic E-state index is 13.6. The number of benzene rings is 1. The number of carbonyl (C=O) groups excluding carboxylic acids is 1. The zero-order valence-electron chi connectivity index (χ0n) is 12.4. The van der Waals surface area contributed by atoms with E-state index in [0.717, 1.165) is 5.56 Å². The van der Waals surface area contributed by atoms with Crippen LogP contribution in [0.3, 0.4) is 0 Å². The summed E-state index contributed by atoms with van der Waals surface area (Å²) in [5.74, 6) is -0.590. The number of aromatic nitrogens is 2. The van der Waals surface area contributed by atoms with Gasteiger partial charge < -0.3 is 10.2 Å². The van der Waals surface area contributed by atoms with Crippen molar-refractivity contribution in [2.75, 3.05) is 11.4 Å². The van der Waals surface area contributed by atoms with Gasteiger partial charge in [-0.3, -0.25) is 4.79 Å². The fraction of sp³-hybridized carbons (Fsp3) is 0.250. The summed E-state index contributed by atoms with van der Waals surface area (Å²) in [6.45, 7) is 4.71. The molecular weight excluding hydrogens is 319 g/mol. The van der Waals surface area contributed by atoms with Crippen LogP contribution in [0.15, 0.2) is 37.2 Å². The standard InChI is InChI=1S/C16H16ClFN4O/c1-2-21-10-11(9-20-21)8-19-15-5-6-22(16(15)23)12-3-4-13(17)14(18)7-12/h2-4,7,9-10,15,19H,1,5-6,8H2. The summed E-state index contributed by atoms with van der Waals surface area (Å²) in [6, 6.07) is 4.11. The Kier molecular flexibility index (Phi) is 4.45. The lowest BCUT2D eigenvalue weighted by atomic mass is 10.2. The van der Waals surface area contributed by atoms with Crippen molar-refractivity contribution in [3.05, 3.63) is 53.6 Å². The maximum absolute atomic E-state index is 13.6. The number of nitrogens with one attached hydrogen (secondary N) is 1. The number of halogens is 2. The molecule has 1 aromatic carbocycles. The Hall–Kier alpha value is -2.18. The van der Waals surface area contributed by atoms with E-state index in [1.54, 1.807) is 28.0 Å². The van der Waals surface area contributed by atoms with Gasteiger partial charge in [-0.1, -0.05) is 18.2 Å². The van der Waals surface area contributed by atoms with Gasteiger partial charge in [-0.05, 0) is 24.6 Å². The first-order valence-electron chi connectivity index (χ1n) is 7.24. The molecule has 1 unspecified atom stereocenters. The molecule has 2 heterocycles. The fourth-order valence-corrected chi connectivity index (χ4v) is 2.71. The zero-order chi connectivity index (χ0) is 16.4. The Labute approximate surface area is 138 Å². The van der Waals surface area contributed by atoms with E-state index in [1.807, 2.05) is 6.20 Å². The molecule has 5 nitrogen and oxygen atoms in total. The van der Waals surface area contributed by atoms with Crippen LogP contribution in [0, 0.1) is 5.82 Å². The van der Waals surface area contributed by atoms with E-state index >= 15 is 0 Å². The summed E-state index contributed by atoms with van der Waals surface area (Å²) in [5, 5.41) is 7.35. The highest BCUT2D eigenvalue weighted by atomic mass is 35.5. The average Bonchev–Trinajstić information content (AvgIpc) is 3.15.